The number of alkyl halides is 6. The van der Waals surface area contributed by atoms with Crippen LogP contribution in [0.15, 0.2) is 29.2 Å². The summed E-state index contributed by atoms with van der Waals surface area (Å²) >= 11 is 34.4. The van der Waals surface area contributed by atoms with Crippen LogP contribution in [0.1, 0.15) is 17.2 Å². The van der Waals surface area contributed by atoms with Gasteiger partial charge in [0.05, 0.1) is 4.90 Å². The van der Waals surface area contributed by atoms with Crippen LogP contribution in [-0.2, 0) is 17.6 Å². The van der Waals surface area contributed by atoms with Gasteiger partial charge in [-0.1, -0.05) is 87.3 Å². The number of anilines is 1. The van der Waals surface area contributed by atoms with Gasteiger partial charge in [-0.25, -0.2) is 13.4 Å². The van der Waals surface area contributed by atoms with E-state index < -0.39 is 17.6 Å². The predicted molar refractivity (Wildman–Crippen MR) is 103 cm³/mol. The number of nitrogens with one attached hydrogen (secondary N) is 2. The molecule has 0 saturated carbocycles. The molecule has 1 heterocycles. The zero-order valence-electron chi connectivity index (χ0n) is 12.6. The van der Waals surface area contributed by atoms with Gasteiger partial charge in [-0.15, -0.1) is 4.83 Å². The summed E-state index contributed by atoms with van der Waals surface area (Å²) in [5.74, 6) is -1.06. The Morgan fingerprint density at radius 2 is 1.31 bits per heavy atom. The molecule has 0 unspecified atom stereocenters. The molecule has 2 rings (SSSR count). The molecule has 0 aliphatic carbocycles. The lowest BCUT2D eigenvalue weighted by molar-refractivity contribution is 0.587. The van der Waals surface area contributed by atoms with E-state index in [2.05, 4.69) is 25.2 Å². The SMILES string of the molecule is Cc1ccc(S(=O)(=O)NNc2nc(C(Cl)(Cl)Cl)nc(C(Cl)(Cl)Cl)n2)cc1. The Bertz CT molecular complexity index is 864. The van der Waals surface area contributed by atoms with Crippen LogP contribution in [-0.4, -0.2) is 23.4 Å². The van der Waals surface area contributed by atoms with Gasteiger partial charge in [-0.2, -0.15) is 9.97 Å². The predicted octanol–water partition coefficient (Wildman–Crippen LogP) is 4.14. The lowest BCUT2D eigenvalue weighted by atomic mass is 10.2. The molecule has 142 valence electrons. The van der Waals surface area contributed by atoms with Gasteiger partial charge in [-0.05, 0) is 19.1 Å². The van der Waals surface area contributed by atoms with Crippen molar-refractivity contribution in [2.24, 2.45) is 0 Å². The fraction of sp³-hybridized carbons (Fsp3) is 0.250. The van der Waals surface area contributed by atoms with E-state index in [4.69, 9.17) is 69.6 Å². The quantitative estimate of drug-likeness (QED) is 0.485. The van der Waals surface area contributed by atoms with Crippen molar-refractivity contribution < 1.29 is 8.42 Å². The van der Waals surface area contributed by atoms with Crippen LogP contribution in [0.3, 0.4) is 0 Å². The van der Waals surface area contributed by atoms with Crippen molar-refractivity contribution in [1.29, 1.82) is 0 Å². The van der Waals surface area contributed by atoms with Crippen LogP contribution in [0, 0.1) is 6.92 Å². The van der Waals surface area contributed by atoms with E-state index in [1.165, 1.54) is 12.1 Å². The molecule has 0 fully saturated rings. The van der Waals surface area contributed by atoms with E-state index >= 15 is 0 Å². The van der Waals surface area contributed by atoms with Gasteiger partial charge in [-0.3, -0.25) is 5.43 Å². The number of nitrogens with zero attached hydrogens (tertiary/aromatic N) is 3. The molecule has 0 aliphatic heterocycles. The first kappa shape index (κ1) is 22.0. The molecule has 1 aromatic carbocycles. The Morgan fingerprint density at radius 3 is 1.73 bits per heavy atom. The number of halogens is 6. The van der Waals surface area contributed by atoms with Crippen molar-refractivity contribution in [1.82, 2.24) is 19.8 Å². The second-order valence-corrected chi connectivity index (χ2v) is 11.1. The van der Waals surface area contributed by atoms with E-state index in [9.17, 15) is 8.42 Å². The van der Waals surface area contributed by atoms with E-state index in [0.29, 0.717) is 0 Å². The minimum atomic E-state index is -3.93. The fourth-order valence-electron chi connectivity index (χ4n) is 1.57. The van der Waals surface area contributed by atoms with Crippen LogP contribution >= 0.6 is 69.6 Å². The number of aromatic nitrogens is 3. The Hall–Kier alpha value is -0.320. The smallest absolute Gasteiger partial charge is 0.257 e. The highest BCUT2D eigenvalue weighted by Crippen LogP contribution is 2.40. The first-order valence-electron chi connectivity index (χ1n) is 6.54. The summed E-state index contributed by atoms with van der Waals surface area (Å²) in [6.07, 6.45) is 0. The van der Waals surface area contributed by atoms with Crippen LogP contribution in [0.5, 0.6) is 0 Å². The zero-order valence-corrected chi connectivity index (χ0v) is 18.0. The largest absolute Gasteiger partial charge is 0.276 e. The first-order chi connectivity index (χ1) is 11.8. The van der Waals surface area contributed by atoms with Gasteiger partial charge >= 0.3 is 0 Å². The van der Waals surface area contributed by atoms with Gasteiger partial charge in [0, 0.05) is 0 Å². The lowest BCUT2D eigenvalue weighted by Gasteiger charge is -2.16. The molecular weight excluding hydrogens is 491 g/mol. The second kappa shape index (κ2) is 7.97. The Morgan fingerprint density at radius 1 is 0.846 bits per heavy atom. The van der Waals surface area contributed by atoms with Crippen molar-refractivity contribution in [3.63, 3.8) is 0 Å². The van der Waals surface area contributed by atoms with Crippen LogP contribution in [0.2, 0.25) is 0 Å². The first-order valence-corrected chi connectivity index (χ1v) is 10.3. The number of benzene rings is 1. The average Bonchev–Trinajstić information content (AvgIpc) is 2.51. The molecule has 26 heavy (non-hydrogen) atoms. The highest BCUT2D eigenvalue weighted by molar-refractivity contribution is 7.89. The number of sulfonamides is 1. The molecule has 14 heteroatoms. The Balaban J connectivity index is 2.32. The van der Waals surface area contributed by atoms with Crippen molar-refractivity contribution in [3.8, 4) is 0 Å². The minimum absolute atomic E-state index is 0.00727. The van der Waals surface area contributed by atoms with Crippen molar-refractivity contribution in [2.75, 3.05) is 5.43 Å². The average molecular weight is 500 g/mol. The third kappa shape index (κ3) is 5.84. The maximum atomic E-state index is 12.3. The molecular formula is C12H9Cl6N5O2S. The van der Waals surface area contributed by atoms with E-state index in [0.717, 1.165) is 5.56 Å². The number of aryl methyl sites for hydroxylation is 1. The molecule has 0 amide bonds. The Labute approximate surface area is 179 Å². The van der Waals surface area contributed by atoms with Crippen LogP contribution in [0.4, 0.5) is 5.95 Å². The lowest BCUT2D eigenvalue weighted by Crippen LogP contribution is -2.31. The fourth-order valence-corrected chi connectivity index (χ4v) is 2.92. The highest BCUT2D eigenvalue weighted by atomic mass is 35.6. The zero-order chi connectivity index (χ0) is 19.8. The summed E-state index contributed by atoms with van der Waals surface area (Å²) in [5.41, 5.74) is 3.17. The maximum Gasteiger partial charge on any atom is 0.257 e. The number of hydrazine groups is 1. The topological polar surface area (TPSA) is 96.9 Å². The Kier molecular flexibility index (Phi) is 6.73. The van der Waals surface area contributed by atoms with E-state index in [-0.39, 0.29) is 22.5 Å². The van der Waals surface area contributed by atoms with E-state index in [1.807, 2.05) is 6.92 Å². The molecule has 0 bridgehead atoms. The molecule has 0 saturated heterocycles. The molecule has 0 spiro atoms. The van der Waals surface area contributed by atoms with Crippen LogP contribution in [0.25, 0.3) is 0 Å². The number of rotatable bonds is 4. The summed E-state index contributed by atoms with van der Waals surface area (Å²) in [4.78, 5) is 13.4. The molecule has 0 radical (unpaired) electrons. The normalized spacial score (nSPS) is 12.9. The summed E-state index contributed by atoms with van der Waals surface area (Å²) < 4.78 is 20.4. The molecule has 7 nitrogen and oxygen atoms in total. The van der Waals surface area contributed by atoms with Gasteiger partial charge in [0.15, 0.2) is 11.6 Å². The highest BCUT2D eigenvalue weighted by Gasteiger charge is 2.34. The molecule has 2 aromatic rings. The maximum absolute atomic E-state index is 12.3. The molecule has 0 atom stereocenters. The van der Waals surface area contributed by atoms with Gasteiger partial charge < -0.3 is 0 Å². The van der Waals surface area contributed by atoms with Crippen molar-refractivity contribution >= 4 is 85.6 Å². The number of hydrogen-bond donors (Lipinski definition) is 2. The van der Waals surface area contributed by atoms with Crippen molar-refractivity contribution in [2.45, 2.75) is 19.4 Å². The summed E-state index contributed by atoms with van der Waals surface area (Å²) in [6, 6.07) is 6.12. The van der Waals surface area contributed by atoms with E-state index in [1.54, 1.807) is 12.1 Å². The summed E-state index contributed by atoms with van der Waals surface area (Å²) in [5, 5.41) is 0. The monoisotopic (exact) mass is 497 g/mol. The molecule has 0 aliphatic rings. The number of hydrogen-bond acceptors (Lipinski definition) is 6. The minimum Gasteiger partial charge on any atom is -0.276 e. The third-order valence-corrected chi connectivity index (χ3v) is 5.05. The molecule has 2 N–H and O–H groups in total. The van der Waals surface area contributed by atoms with Crippen LogP contribution < -0.4 is 10.3 Å². The third-order valence-electron chi connectivity index (χ3n) is 2.77. The van der Waals surface area contributed by atoms with Gasteiger partial charge in [0.25, 0.3) is 10.0 Å². The van der Waals surface area contributed by atoms with Gasteiger partial charge in [0.1, 0.15) is 0 Å². The standard InChI is InChI=1S/C12H9Cl6N5O2S/c1-6-2-4-7(5-3-6)26(24,25)23-22-10-20-8(11(13,14)15)19-9(21-10)12(16,17)18/h2-5,23H,1H3,(H,19,20,21,22). The van der Waals surface area contributed by atoms with Crippen molar-refractivity contribution in [3.05, 3.63) is 41.5 Å². The summed E-state index contributed by atoms with van der Waals surface area (Å²) in [7, 11) is -3.93. The second-order valence-electron chi connectivity index (χ2n) is 4.85. The summed E-state index contributed by atoms with van der Waals surface area (Å²) in [6.45, 7) is 1.82. The molecule has 1 aromatic heterocycles. The van der Waals surface area contributed by atoms with Gasteiger partial charge in [0.2, 0.25) is 13.5 Å².